The molecule has 0 aliphatic carbocycles. The highest BCUT2D eigenvalue weighted by Gasteiger charge is 2.39. The van der Waals surface area contributed by atoms with Gasteiger partial charge in [0.2, 0.25) is 0 Å². The predicted octanol–water partition coefficient (Wildman–Crippen LogP) is 6.96. The molecule has 2 unspecified atom stereocenters. The number of carbonyl (C=O) groups is 1. The molecule has 0 radical (unpaired) electrons. The number of benzene rings is 2. The quantitative estimate of drug-likeness (QED) is 0.289. The molecule has 5 rings (SSSR count). The minimum absolute atomic E-state index is 0.00517. The van der Waals surface area contributed by atoms with E-state index >= 15 is 0 Å². The van der Waals surface area contributed by atoms with Crippen molar-refractivity contribution in [1.82, 2.24) is 14.8 Å². The van der Waals surface area contributed by atoms with Crippen LogP contribution in [0.15, 0.2) is 48.7 Å². The van der Waals surface area contributed by atoms with Gasteiger partial charge in [-0.1, -0.05) is 49.7 Å². The molecule has 0 saturated carbocycles. The van der Waals surface area contributed by atoms with E-state index in [9.17, 15) is 4.79 Å². The normalized spacial score (nSPS) is 21.3. The number of halogens is 1. The van der Waals surface area contributed by atoms with Gasteiger partial charge < -0.3 is 14.6 Å². The monoisotopic (exact) mass is 535 g/mol. The summed E-state index contributed by atoms with van der Waals surface area (Å²) in [6.45, 7) is 6.89. The topological polar surface area (TPSA) is 46.5 Å². The lowest BCUT2D eigenvalue weighted by molar-refractivity contribution is 0.0950. The maximum absolute atomic E-state index is 13.0. The Hall–Kier alpha value is -2.50. The van der Waals surface area contributed by atoms with Crippen molar-refractivity contribution < 1.29 is 9.53 Å². The third kappa shape index (κ3) is 6.05. The molecule has 2 aromatic carbocycles. The molecule has 1 amide bonds. The molecule has 3 aromatic rings. The molecule has 0 spiro atoms. The van der Waals surface area contributed by atoms with E-state index in [1.165, 1.54) is 37.7 Å². The van der Waals surface area contributed by atoms with Crippen molar-refractivity contribution >= 4 is 28.4 Å². The van der Waals surface area contributed by atoms with Crippen molar-refractivity contribution in [2.24, 2.45) is 11.8 Å². The largest absolute Gasteiger partial charge is 0.495 e. The van der Waals surface area contributed by atoms with Crippen LogP contribution in [0.25, 0.3) is 10.9 Å². The zero-order valence-electron chi connectivity index (χ0n) is 23.1. The summed E-state index contributed by atoms with van der Waals surface area (Å²) in [5.74, 6) is 2.06. The van der Waals surface area contributed by atoms with Crippen LogP contribution < -0.4 is 10.1 Å². The highest BCUT2D eigenvalue weighted by molar-refractivity contribution is 6.30. The van der Waals surface area contributed by atoms with Crippen LogP contribution in [0.5, 0.6) is 5.75 Å². The zero-order chi connectivity index (χ0) is 26.6. The summed E-state index contributed by atoms with van der Waals surface area (Å²) in [7, 11) is 1.71. The summed E-state index contributed by atoms with van der Waals surface area (Å²) in [4.78, 5) is 15.8. The number of para-hydroxylation sites is 1. The first kappa shape index (κ1) is 27.1. The summed E-state index contributed by atoms with van der Waals surface area (Å²) < 4.78 is 7.94. The Bertz CT molecular complexity index is 1220. The Morgan fingerprint density at radius 2 is 1.82 bits per heavy atom. The second kappa shape index (κ2) is 12.1. The molecule has 2 atom stereocenters. The lowest BCUT2D eigenvalue weighted by atomic mass is 9.86. The predicted molar refractivity (Wildman–Crippen MR) is 156 cm³/mol. The molecule has 2 aliphatic rings. The Labute approximate surface area is 232 Å². The molecular formula is C32H42ClN3O2. The van der Waals surface area contributed by atoms with Crippen molar-refractivity contribution in [2.75, 3.05) is 20.2 Å². The maximum Gasteiger partial charge on any atom is 0.253 e. The Morgan fingerprint density at radius 1 is 1.08 bits per heavy atom. The smallest absolute Gasteiger partial charge is 0.253 e. The maximum atomic E-state index is 13.0. The van der Waals surface area contributed by atoms with Crippen molar-refractivity contribution in [2.45, 2.75) is 77.4 Å². The van der Waals surface area contributed by atoms with Crippen molar-refractivity contribution in [3.05, 3.63) is 64.8 Å². The van der Waals surface area contributed by atoms with Gasteiger partial charge in [-0.15, -0.1) is 0 Å². The number of nitrogens with one attached hydrogen (secondary N) is 1. The number of fused-ring (bicyclic) bond motifs is 3. The van der Waals surface area contributed by atoms with E-state index in [4.69, 9.17) is 16.3 Å². The highest BCUT2D eigenvalue weighted by atomic mass is 35.5. The molecular weight excluding hydrogens is 494 g/mol. The van der Waals surface area contributed by atoms with E-state index in [-0.39, 0.29) is 5.91 Å². The summed E-state index contributed by atoms with van der Waals surface area (Å²) in [6.07, 6.45) is 10.8. The number of hydrogen-bond donors (Lipinski definition) is 1. The fraction of sp³-hybridized carbons (Fsp3) is 0.531. The number of nitrogens with zero attached hydrogens (tertiary/aromatic N) is 2. The van der Waals surface area contributed by atoms with Gasteiger partial charge in [0.1, 0.15) is 5.75 Å². The minimum atomic E-state index is -0.00517. The van der Waals surface area contributed by atoms with Gasteiger partial charge in [0.05, 0.1) is 18.2 Å². The minimum Gasteiger partial charge on any atom is -0.495 e. The number of rotatable bonds is 11. The first-order valence-corrected chi connectivity index (χ1v) is 14.7. The first-order chi connectivity index (χ1) is 18.4. The molecule has 1 aromatic heterocycles. The van der Waals surface area contributed by atoms with Crippen LogP contribution in [0.1, 0.15) is 68.3 Å². The lowest BCUT2D eigenvalue weighted by Crippen LogP contribution is -2.43. The number of ether oxygens (including phenoxy) is 1. The Morgan fingerprint density at radius 3 is 2.50 bits per heavy atom. The fourth-order valence-corrected chi connectivity index (χ4v) is 6.80. The second-order valence-corrected chi connectivity index (χ2v) is 12.1. The van der Waals surface area contributed by atoms with Gasteiger partial charge in [0.25, 0.3) is 5.91 Å². The van der Waals surface area contributed by atoms with E-state index < -0.39 is 0 Å². The van der Waals surface area contributed by atoms with Gasteiger partial charge in [-0.05, 0) is 80.5 Å². The number of piperidine rings is 1. The summed E-state index contributed by atoms with van der Waals surface area (Å²) in [6, 6.07) is 15.8. The van der Waals surface area contributed by atoms with E-state index in [2.05, 4.69) is 40.8 Å². The van der Waals surface area contributed by atoms with Crippen LogP contribution >= 0.6 is 11.6 Å². The molecule has 6 heteroatoms. The summed E-state index contributed by atoms with van der Waals surface area (Å²) >= 11 is 6.05. The molecule has 2 saturated heterocycles. The molecule has 2 aliphatic heterocycles. The van der Waals surface area contributed by atoms with Gasteiger partial charge in [-0.2, -0.15) is 0 Å². The molecule has 1 N–H and O–H groups in total. The van der Waals surface area contributed by atoms with Crippen molar-refractivity contribution in [3.8, 4) is 5.75 Å². The number of methoxy groups -OCH3 is 1. The Balaban J connectivity index is 1.20. The van der Waals surface area contributed by atoms with E-state index in [0.29, 0.717) is 12.5 Å². The van der Waals surface area contributed by atoms with Crippen LogP contribution in [-0.4, -0.2) is 47.7 Å². The molecule has 5 nitrogen and oxygen atoms in total. The van der Waals surface area contributed by atoms with E-state index in [1.54, 1.807) is 7.11 Å². The molecule has 3 heterocycles. The van der Waals surface area contributed by atoms with Gasteiger partial charge >= 0.3 is 0 Å². The number of carbonyl (C=O) groups excluding carboxylic acids is 1. The zero-order valence-corrected chi connectivity index (χ0v) is 23.8. The van der Waals surface area contributed by atoms with E-state index in [1.807, 2.05) is 36.5 Å². The van der Waals surface area contributed by atoms with Crippen LogP contribution in [-0.2, 0) is 13.0 Å². The average molecular weight is 536 g/mol. The highest BCUT2D eigenvalue weighted by Crippen LogP contribution is 2.40. The fourth-order valence-electron chi connectivity index (χ4n) is 6.67. The van der Waals surface area contributed by atoms with Gasteiger partial charge in [0.15, 0.2) is 0 Å². The number of aryl methyl sites for hydroxylation is 2. The molecule has 2 bridgehead atoms. The third-order valence-electron chi connectivity index (χ3n) is 8.55. The number of amides is 1. The molecule has 2 fully saturated rings. The van der Waals surface area contributed by atoms with Gasteiger partial charge in [0, 0.05) is 48.3 Å². The molecule has 204 valence electrons. The third-order valence-corrected chi connectivity index (χ3v) is 8.80. The molecule has 38 heavy (non-hydrogen) atoms. The van der Waals surface area contributed by atoms with Gasteiger partial charge in [-0.3, -0.25) is 9.69 Å². The number of aromatic nitrogens is 1. The Kier molecular flexibility index (Phi) is 8.64. The van der Waals surface area contributed by atoms with Crippen LogP contribution in [0.2, 0.25) is 5.02 Å². The van der Waals surface area contributed by atoms with Crippen molar-refractivity contribution in [3.63, 3.8) is 0 Å². The summed E-state index contributed by atoms with van der Waals surface area (Å²) in [5, 5.41) is 4.87. The summed E-state index contributed by atoms with van der Waals surface area (Å²) in [5.41, 5.74) is 3.16. The SMILES string of the molecule is COc1cccc2c(C(=O)NCC(C)C)cn(CCCN3C4CCC3CC(CCc3ccc(Cl)cc3)C4)c12. The first-order valence-electron chi connectivity index (χ1n) is 14.4. The van der Waals surface area contributed by atoms with Crippen LogP contribution in [0, 0.1) is 11.8 Å². The lowest BCUT2D eigenvalue weighted by Gasteiger charge is -2.39. The van der Waals surface area contributed by atoms with Gasteiger partial charge in [-0.25, -0.2) is 0 Å². The van der Waals surface area contributed by atoms with Crippen LogP contribution in [0.4, 0.5) is 0 Å². The number of hydrogen-bond acceptors (Lipinski definition) is 3. The van der Waals surface area contributed by atoms with Crippen molar-refractivity contribution in [1.29, 1.82) is 0 Å². The second-order valence-electron chi connectivity index (χ2n) is 11.7. The average Bonchev–Trinajstić information content (AvgIpc) is 3.40. The van der Waals surface area contributed by atoms with E-state index in [0.717, 1.165) is 71.2 Å². The standard InChI is InChI=1S/C32H42ClN3O2/c1-22(2)20-34-32(37)29-21-35(31-28(29)6-4-7-30(31)38-3)16-5-17-36-26-14-15-27(36)19-24(18-26)9-8-23-10-12-25(33)13-11-23/h4,6-7,10-13,21-22,24,26-27H,5,8-9,14-20H2,1-3H3,(H,34,37). The van der Waals surface area contributed by atoms with Crippen LogP contribution in [0.3, 0.4) is 0 Å².